The molecule has 0 radical (unpaired) electrons. The largest absolute Gasteiger partial charge is 0.460 e. The minimum atomic E-state index is -0.452. The topological polar surface area (TPSA) is 50.1 Å². The summed E-state index contributed by atoms with van der Waals surface area (Å²) in [6.07, 6.45) is 0.240. The molecule has 0 N–H and O–H groups in total. The van der Waals surface area contributed by atoms with Gasteiger partial charge < -0.3 is 4.74 Å². The number of hydrogen-bond acceptors (Lipinski definition) is 4. The van der Waals surface area contributed by atoms with Crippen molar-refractivity contribution in [2.75, 3.05) is 0 Å². The van der Waals surface area contributed by atoms with Crippen molar-refractivity contribution in [2.24, 2.45) is 0 Å². The molecule has 15 heavy (non-hydrogen) atoms. The Morgan fingerprint density at radius 1 is 1.53 bits per heavy atom. The van der Waals surface area contributed by atoms with Gasteiger partial charge in [-0.15, -0.1) is 11.3 Å². The van der Waals surface area contributed by atoms with E-state index in [1.54, 1.807) is 12.1 Å². The molecule has 0 bridgehead atoms. The van der Waals surface area contributed by atoms with Gasteiger partial charge in [0.05, 0.1) is 6.42 Å². The van der Waals surface area contributed by atoms with Crippen LogP contribution in [0.15, 0.2) is 12.1 Å². The molecule has 0 aliphatic carbocycles. The standard InChI is InChI=1S/C11H13NO2S/c1-11(2,3)14-10(13)6-8-4-5-9(7-12)15-8/h4-5H,6H2,1-3H3. The van der Waals surface area contributed by atoms with Crippen LogP contribution in [0.2, 0.25) is 0 Å². The Labute approximate surface area is 93.3 Å². The average Bonchev–Trinajstić information content (AvgIpc) is 2.48. The summed E-state index contributed by atoms with van der Waals surface area (Å²) in [5.41, 5.74) is -0.452. The summed E-state index contributed by atoms with van der Waals surface area (Å²) in [6, 6.07) is 5.53. The predicted molar refractivity (Wildman–Crippen MR) is 58.6 cm³/mol. The molecule has 3 nitrogen and oxygen atoms in total. The summed E-state index contributed by atoms with van der Waals surface area (Å²) in [5.74, 6) is -0.256. The number of carbonyl (C=O) groups excluding carboxylic acids is 1. The third kappa shape index (κ3) is 4.13. The Balaban J connectivity index is 2.56. The molecular weight excluding hydrogens is 210 g/mol. The first-order valence-electron chi connectivity index (χ1n) is 4.61. The number of hydrogen-bond donors (Lipinski definition) is 0. The van der Waals surface area contributed by atoms with E-state index in [1.165, 1.54) is 11.3 Å². The summed E-state index contributed by atoms with van der Waals surface area (Å²) < 4.78 is 5.17. The van der Waals surface area contributed by atoms with Gasteiger partial charge in [0.1, 0.15) is 16.5 Å². The lowest BCUT2D eigenvalue weighted by molar-refractivity contribution is -0.153. The molecule has 1 aromatic rings. The Hall–Kier alpha value is -1.34. The minimum Gasteiger partial charge on any atom is -0.460 e. The monoisotopic (exact) mass is 223 g/mol. The van der Waals surface area contributed by atoms with E-state index in [9.17, 15) is 4.79 Å². The molecule has 0 aliphatic heterocycles. The maximum atomic E-state index is 11.4. The number of esters is 1. The molecule has 1 rings (SSSR count). The van der Waals surface area contributed by atoms with Crippen LogP contribution in [0.4, 0.5) is 0 Å². The summed E-state index contributed by atoms with van der Waals surface area (Å²) in [6.45, 7) is 5.50. The Morgan fingerprint density at radius 3 is 2.67 bits per heavy atom. The summed E-state index contributed by atoms with van der Waals surface area (Å²) in [4.78, 5) is 12.9. The summed E-state index contributed by atoms with van der Waals surface area (Å²) in [5, 5.41) is 8.62. The zero-order valence-corrected chi connectivity index (χ0v) is 9.85. The minimum absolute atomic E-state index is 0.240. The number of ether oxygens (including phenoxy) is 1. The lowest BCUT2D eigenvalue weighted by Crippen LogP contribution is -2.24. The van der Waals surface area contributed by atoms with Crippen LogP contribution in [0, 0.1) is 11.3 Å². The van der Waals surface area contributed by atoms with E-state index in [4.69, 9.17) is 10.00 Å². The van der Waals surface area contributed by atoms with Gasteiger partial charge in [-0.3, -0.25) is 4.79 Å². The molecule has 0 atom stereocenters. The SMILES string of the molecule is CC(C)(C)OC(=O)Cc1ccc(C#N)s1. The molecule has 0 amide bonds. The maximum absolute atomic E-state index is 11.4. The van der Waals surface area contributed by atoms with Crippen LogP contribution in [0.3, 0.4) is 0 Å². The van der Waals surface area contributed by atoms with E-state index in [2.05, 4.69) is 0 Å². The second-order valence-corrected chi connectivity index (χ2v) is 5.31. The van der Waals surface area contributed by atoms with E-state index in [0.29, 0.717) is 4.88 Å². The average molecular weight is 223 g/mol. The zero-order valence-electron chi connectivity index (χ0n) is 9.03. The van der Waals surface area contributed by atoms with Crippen LogP contribution in [0.5, 0.6) is 0 Å². The highest BCUT2D eigenvalue weighted by Crippen LogP contribution is 2.17. The third-order valence-electron chi connectivity index (χ3n) is 1.51. The Morgan fingerprint density at radius 2 is 2.20 bits per heavy atom. The summed E-state index contributed by atoms with van der Waals surface area (Å²) >= 11 is 1.33. The van der Waals surface area contributed by atoms with Crippen molar-refractivity contribution in [1.29, 1.82) is 5.26 Å². The van der Waals surface area contributed by atoms with Gasteiger partial charge in [-0.1, -0.05) is 0 Å². The highest BCUT2D eigenvalue weighted by molar-refractivity contribution is 7.12. The van der Waals surface area contributed by atoms with Gasteiger partial charge in [0.2, 0.25) is 0 Å². The van der Waals surface area contributed by atoms with Gasteiger partial charge in [0.15, 0.2) is 0 Å². The fourth-order valence-corrected chi connectivity index (χ4v) is 1.84. The highest BCUT2D eigenvalue weighted by atomic mass is 32.1. The van der Waals surface area contributed by atoms with Crippen molar-refractivity contribution in [3.05, 3.63) is 21.9 Å². The van der Waals surface area contributed by atoms with E-state index in [1.807, 2.05) is 26.8 Å². The van der Waals surface area contributed by atoms with Crippen LogP contribution in [-0.4, -0.2) is 11.6 Å². The van der Waals surface area contributed by atoms with Crippen LogP contribution in [-0.2, 0) is 16.0 Å². The van der Waals surface area contributed by atoms with Gasteiger partial charge >= 0.3 is 5.97 Å². The van der Waals surface area contributed by atoms with E-state index in [-0.39, 0.29) is 12.4 Å². The molecular formula is C11H13NO2S. The molecule has 0 fully saturated rings. The van der Waals surface area contributed by atoms with Crippen molar-refractivity contribution in [2.45, 2.75) is 32.8 Å². The molecule has 1 aromatic heterocycles. The first-order chi connectivity index (χ1) is 6.90. The first-order valence-corrected chi connectivity index (χ1v) is 5.43. The number of nitriles is 1. The van der Waals surface area contributed by atoms with Crippen molar-refractivity contribution in [1.82, 2.24) is 0 Å². The zero-order chi connectivity index (χ0) is 11.5. The van der Waals surface area contributed by atoms with Gasteiger partial charge in [-0.25, -0.2) is 0 Å². The van der Waals surface area contributed by atoms with Gasteiger partial charge in [-0.05, 0) is 32.9 Å². The lowest BCUT2D eigenvalue weighted by Gasteiger charge is -2.19. The fraction of sp³-hybridized carbons (Fsp3) is 0.455. The quantitative estimate of drug-likeness (QED) is 0.724. The number of rotatable bonds is 2. The van der Waals surface area contributed by atoms with Gasteiger partial charge in [0.25, 0.3) is 0 Å². The molecule has 0 saturated carbocycles. The maximum Gasteiger partial charge on any atom is 0.311 e. The second-order valence-electron chi connectivity index (χ2n) is 4.14. The number of carbonyl (C=O) groups is 1. The summed E-state index contributed by atoms with van der Waals surface area (Å²) in [7, 11) is 0. The number of nitrogens with zero attached hydrogens (tertiary/aromatic N) is 1. The van der Waals surface area contributed by atoms with Crippen LogP contribution >= 0.6 is 11.3 Å². The van der Waals surface area contributed by atoms with Crippen molar-refractivity contribution in [3.63, 3.8) is 0 Å². The van der Waals surface area contributed by atoms with Crippen LogP contribution in [0.1, 0.15) is 30.5 Å². The van der Waals surface area contributed by atoms with Crippen LogP contribution in [0.25, 0.3) is 0 Å². The van der Waals surface area contributed by atoms with E-state index < -0.39 is 5.60 Å². The molecule has 4 heteroatoms. The second kappa shape index (κ2) is 4.45. The molecule has 0 aliphatic rings. The highest BCUT2D eigenvalue weighted by Gasteiger charge is 2.17. The number of thiophene rings is 1. The molecule has 0 saturated heterocycles. The third-order valence-corrected chi connectivity index (χ3v) is 2.50. The Kier molecular flexibility index (Phi) is 3.48. The molecule has 1 heterocycles. The van der Waals surface area contributed by atoms with Gasteiger partial charge in [0, 0.05) is 4.88 Å². The molecule has 0 spiro atoms. The van der Waals surface area contributed by atoms with Crippen molar-refractivity contribution >= 4 is 17.3 Å². The normalized spacial score (nSPS) is 10.8. The van der Waals surface area contributed by atoms with E-state index >= 15 is 0 Å². The lowest BCUT2D eigenvalue weighted by atomic mass is 10.2. The van der Waals surface area contributed by atoms with Crippen molar-refractivity contribution < 1.29 is 9.53 Å². The molecule has 0 unspecified atom stereocenters. The van der Waals surface area contributed by atoms with Crippen LogP contribution < -0.4 is 0 Å². The van der Waals surface area contributed by atoms with E-state index in [0.717, 1.165) is 4.88 Å². The molecule has 0 aromatic carbocycles. The fourth-order valence-electron chi connectivity index (χ4n) is 1.05. The van der Waals surface area contributed by atoms with Gasteiger partial charge in [-0.2, -0.15) is 5.26 Å². The predicted octanol–water partition coefficient (Wildman–Crippen LogP) is 2.50. The Bertz CT molecular complexity index is 395. The smallest absolute Gasteiger partial charge is 0.311 e. The first kappa shape index (κ1) is 11.7. The van der Waals surface area contributed by atoms with Crippen molar-refractivity contribution in [3.8, 4) is 6.07 Å². The molecule has 80 valence electrons.